The van der Waals surface area contributed by atoms with Crippen LogP contribution in [0, 0.1) is 5.92 Å². The molecule has 0 bridgehead atoms. The lowest BCUT2D eigenvalue weighted by Crippen LogP contribution is -2.51. The largest absolute Gasteiger partial charge is 0.399 e. The van der Waals surface area contributed by atoms with Crippen LogP contribution >= 0.6 is 12.4 Å². The first-order valence-corrected chi connectivity index (χ1v) is 9.52. The Morgan fingerprint density at radius 1 is 0.923 bits per heavy atom. The van der Waals surface area contributed by atoms with Gasteiger partial charge < -0.3 is 15.5 Å². The van der Waals surface area contributed by atoms with Gasteiger partial charge in [0.1, 0.15) is 0 Å². The van der Waals surface area contributed by atoms with Crippen LogP contribution in [0.4, 0.5) is 5.69 Å². The molecule has 26 heavy (non-hydrogen) atoms. The van der Waals surface area contributed by atoms with Crippen LogP contribution in [0.2, 0.25) is 0 Å². The Morgan fingerprint density at radius 3 is 2.04 bits per heavy atom. The Labute approximate surface area is 162 Å². The zero-order valence-corrected chi connectivity index (χ0v) is 16.2. The molecule has 0 radical (unpaired) electrons. The molecule has 5 nitrogen and oxygen atoms in total. The van der Waals surface area contributed by atoms with E-state index in [2.05, 4.69) is 0 Å². The average molecular weight is 380 g/mol. The molecule has 0 spiro atoms. The van der Waals surface area contributed by atoms with Crippen molar-refractivity contribution in [3.05, 3.63) is 29.8 Å². The van der Waals surface area contributed by atoms with Gasteiger partial charge >= 0.3 is 0 Å². The predicted molar refractivity (Wildman–Crippen MR) is 106 cm³/mol. The molecule has 0 atom stereocenters. The van der Waals surface area contributed by atoms with Crippen molar-refractivity contribution in [1.29, 1.82) is 0 Å². The van der Waals surface area contributed by atoms with Crippen LogP contribution in [0.25, 0.3) is 0 Å². The molecule has 144 valence electrons. The molecule has 1 aliphatic heterocycles. The molecule has 0 aromatic heterocycles. The van der Waals surface area contributed by atoms with Crippen molar-refractivity contribution in [3.8, 4) is 0 Å². The van der Waals surface area contributed by atoms with Crippen molar-refractivity contribution in [1.82, 2.24) is 9.80 Å². The Kier molecular flexibility index (Phi) is 7.76. The minimum absolute atomic E-state index is 0. The molecule has 0 unspecified atom stereocenters. The molecule has 1 aliphatic carbocycles. The van der Waals surface area contributed by atoms with Gasteiger partial charge in [0.15, 0.2) is 0 Å². The summed E-state index contributed by atoms with van der Waals surface area (Å²) in [7, 11) is 0. The molecule has 1 saturated carbocycles. The molecule has 1 heterocycles. The first kappa shape index (κ1) is 20.6. The zero-order valence-electron chi connectivity index (χ0n) is 15.4. The quantitative estimate of drug-likeness (QED) is 0.800. The third-order valence-electron chi connectivity index (χ3n) is 5.56. The molecule has 2 aliphatic rings. The van der Waals surface area contributed by atoms with Gasteiger partial charge in [0.05, 0.1) is 6.42 Å². The third-order valence-corrected chi connectivity index (χ3v) is 5.56. The fourth-order valence-electron chi connectivity index (χ4n) is 3.91. The summed E-state index contributed by atoms with van der Waals surface area (Å²) >= 11 is 0. The topological polar surface area (TPSA) is 66.6 Å². The molecule has 1 aromatic rings. The van der Waals surface area contributed by atoms with Gasteiger partial charge in [0.25, 0.3) is 0 Å². The Morgan fingerprint density at radius 2 is 1.46 bits per heavy atom. The number of carbonyl (C=O) groups excluding carboxylic acids is 2. The summed E-state index contributed by atoms with van der Waals surface area (Å²) in [6.45, 7) is 2.61. The highest BCUT2D eigenvalue weighted by Gasteiger charge is 2.25. The van der Waals surface area contributed by atoms with E-state index in [-0.39, 0.29) is 24.2 Å². The van der Waals surface area contributed by atoms with Gasteiger partial charge in [-0.15, -0.1) is 12.4 Å². The summed E-state index contributed by atoms with van der Waals surface area (Å²) in [5.74, 6) is 1.15. The number of nitrogens with zero attached hydrogens (tertiary/aromatic N) is 2. The number of piperazine rings is 1. The number of halogens is 1. The predicted octanol–water partition coefficient (Wildman–Crippen LogP) is 2.87. The summed E-state index contributed by atoms with van der Waals surface area (Å²) in [4.78, 5) is 28.6. The van der Waals surface area contributed by atoms with Gasteiger partial charge in [0.2, 0.25) is 11.8 Å². The number of hydrogen-bond donors (Lipinski definition) is 1. The zero-order chi connectivity index (χ0) is 17.6. The number of rotatable bonds is 5. The summed E-state index contributed by atoms with van der Waals surface area (Å²) in [5.41, 5.74) is 7.37. The lowest BCUT2D eigenvalue weighted by molar-refractivity contribution is -0.139. The highest BCUT2D eigenvalue weighted by Crippen LogP contribution is 2.28. The highest BCUT2D eigenvalue weighted by molar-refractivity contribution is 5.85. The van der Waals surface area contributed by atoms with Crippen LogP contribution in [0.15, 0.2) is 24.3 Å². The van der Waals surface area contributed by atoms with Gasteiger partial charge in [-0.05, 0) is 30.0 Å². The number of nitrogen functional groups attached to an aromatic ring is 1. The van der Waals surface area contributed by atoms with E-state index in [1.165, 1.54) is 25.7 Å². The second kappa shape index (κ2) is 9.81. The van der Waals surface area contributed by atoms with E-state index in [0.29, 0.717) is 44.7 Å². The first-order valence-electron chi connectivity index (χ1n) is 9.52. The molecule has 1 saturated heterocycles. The molecule has 2 fully saturated rings. The molecule has 2 N–H and O–H groups in total. The summed E-state index contributed by atoms with van der Waals surface area (Å²) in [6, 6.07) is 7.44. The first-order chi connectivity index (χ1) is 12.1. The van der Waals surface area contributed by atoms with Gasteiger partial charge in [0, 0.05) is 38.3 Å². The van der Waals surface area contributed by atoms with E-state index in [1.807, 2.05) is 34.1 Å². The van der Waals surface area contributed by atoms with Crippen LogP contribution in [0.5, 0.6) is 0 Å². The van der Waals surface area contributed by atoms with Crippen molar-refractivity contribution in [3.63, 3.8) is 0 Å². The monoisotopic (exact) mass is 379 g/mol. The second-order valence-corrected chi connectivity index (χ2v) is 7.37. The summed E-state index contributed by atoms with van der Waals surface area (Å²) < 4.78 is 0. The number of nitrogens with two attached hydrogens (primary N) is 1. The lowest BCUT2D eigenvalue weighted by Gasteiger charge is -2.35. The fourth-order valence-corrected chi connectivity index (χ4v) is 3.91. The normalized spacial score (nSPS) is 17.8. The van der Waals surface area contributed by atoms with E-state index >= 15 is 0 Å². The Balaban J connectivity index is 0.00000243. The van der Waals surface area contributed by atoms with E-state index in [0.717, 1.165) is 17.9 Å². The third kappa shape index (κ3) is 5.63. The average Bonchev–Trinajstić information content (AvgIpc) is 3.15. The smallest absolute Gasteiger partial charge is 0.227 e. The van der Waals surface area contributed by atoms with E-state index < -0.39 is 0 Å². The SMILES string of the molecule is Cl.Nc1ccc(CC(=O)N2CCN(C(=O)CCC3CCCC3)CC2)cc1. The van der Waals surface area contributed by atoms with Crippen molar-refractivity contribution in [2.24, 2.45) is 5.92 Å². The van der Waals surface area contributed by atoms with E-state index in [1.54, 1.807) is 0 Å². The van der Waals surface area contributed by atoms with Gasteiger partial charge in [-0.2, -0.15) is 0 Å². The minimum atomic E-state index is 0. The van der Waals surface area contributed by atoms with Gasteiger partial charge in [-0.1, -0.05) is 37.8 Å². The summed E-state index contributed by atoms with van der Waals surface area (Å²) in [5, 5.41) is 0. The second-order valence-electron chi connectivity index (χ2n) is 7.37. The van der Waals surface area contributed by atoms with Crippen LogP contribution in [0.1, 0.15) is 44.1 Å². The van der Waals surface area contributed by atoms with Crippen LogP contribution in [-0.2, 0) is 16.0 Å². The van der Waals surface area contributed by atoms with Crippen LogP contribution in [-0.4, -0.2) is 47.8 Å². The lowest BCUT2D eigenvalue weighted by atomic mass is 10.0. The van der Waals surface area contributed by atoms with Crippen LogP contribution < -0.4 is 5.73 Å². The molecule has 6 heteroatoms. The van der Waals surface area contributed by atoms with E-state index in [9.17, 15) is 9.59 Å². The number of anilines is 1. The van der Waals surface area contributed by atoms with Crippen molar-refractivity contribution in [2.45, 2.75) is 44.9 Å². The van der Waals surface area contributed by atoms with Crippen LogP contribution in [0.3, 0.4) is 0 Å². The molecule has 1 aromatic carbocycles. The Bertz CT molecular complexity index is 592. The maximum Gasteiger partial charge on any atom is 0.227 e. The standard InChI is InChI=1S/C20H29N3O2.ClH/c21-18-8-5-17(6-9-18)15-20(25)23-13-11-22(12-14-23)19(24)10-7-16-3-1-2-4-16;/h5-6,8-9,16H,1-4,7,10-15,21H2;1H. The minimum Gasteiger partial charge on any atom is -0.399 e. The number of hydrogen-bond acceptors (Lipinski definition) is 3. The number of benzene rings is 1. The van der Waals surface area contributed by atoms with Crippen molar-refractivity contribution < 1.29 is 9.59 Å². The Hall–Kier alpha value is -1.75. The molecular formula is C20H30ClN3O2. The summed E-state index contributed by atoms with van der Waals surface area (Å²) in [6.07, 6.45) is 7.35. The van der Waals surface area contributed by atoms with Crippen molar-refractivity contribution >= 4 is 29.9 Å². The van der Waals surface area contributed by atoms with Gasteiger partial charge in [-0.3, -0.25) is 9.59 Å². The van der Waals surface area contributed by atoms with Gasteiger partial charge in [-0.25, -0.2) is 0 Å². The molecule has 3 rings (SSSR count). The fraction of sp³-hybridized carbons (Fsp3) is 0.600. The maximum absolute atomic E-state index is 12.4. The highest BCUT2D eigenvalue weighted by atomic mass is 35.5. The maximum atomic E-state index is 12.4. The number of amides is 2. The molecule has 2 amide bonds. The van der Waals surface area contributed by atoms with E-state index in [4.69, 9.17) is 5.73 Å². The van der Waals surface area contributed by atoms with Crippen molar-refractivity contribution in [2.75, 3.05) is 31.9 Å². The molecular weight excluding hydrogens is 350 g/mol. The number of carbonyl (C=O) groups is 2.